The van der Waals surface area contributed by atoms with E-state index in [-0.39, 0.29) is 5.56 Å². The van der Waals surface area contributed by atoms with Crippen LogP contribution < -0.4 is 5.32 Å². The lowest BCUT2D eigenvalue weighted by molar-refractivity contribution is 0.102. The molecule has 2 rings (SSSR count). The lowest BCUT2D eigenvalue weighted by Crippen LogP contribution is -2.15. The standard InChI is InChI=1S/C11H10FN3O/c1-7-3-2-4-8(9(7)12)10(16)15-11-13-5-6-14-11/h2-6H,1H3,(H2,13,14,15,16). The van der Waals surface area contributed by atoms with E-state index >= 15 is 0 Å². The second kappa shape index (κ2) is 4.14. The van der Waals surface area contributed by atoms with Crippen molar-refractivity contribution in [2.75, 3.05) is 5.32 Å². The third kappa shape index (κ3) is 1.93. The Bertz CT molecular complexity index is 508. The van der Waals surface area contributed by atoms with Gasteiger partial charge in [0.05, 0.1) is 5.56 Å². The number of hydrogen-bond acceptors (Lipinski definition) is 2. The molecule has 0 spiro atoms. The number of carbonyl (C=O) groups is 1. The van der Waals surface area contributed by atoms with Gasteiger partial charge in [-0.15, -0.1) is 0 Å². The van der Waals surface area contributed by atoms with Gasteiger partial charge in [-0.25, -0.2) is 9.37 Å². The number of anilines is 1. The fourth-order valence-corrected chi connectivity index (χ4v) is 1.33. The number of H-pyrrole nitrogens is 1. The van der Waals surface area contributed by atoms with Gasteiger partial charge in [-0.1, -0.05) is 12.1 Å². The average Bonchev–Trinajstić information content (AvgIpc) is 2.74. The first-order chi connectivity index (χ1) is 7.68. The fourth-order valence-electron chi connectivity index (χ4n) is 1.33. The van der Waals surface area contributed by atoms with Gasteiger partial charge in [0.2, 0.25) is 5.95 Å². The zero-order valence-electron chi connectivity index (χ0n) is 8.62. The summed E-state index contributed by atoms with van der Waals surface area (Å²) in [5.41, 5.74) is 0.448. The Morgan fingerprint density at radius 1 is 1.50 bits per heavy atom. The zero-order valence-corrected chi connectivity index (χ0v) is 8.62. The fraction of sp³-hybridized carbons (Fsp3) is 0.0909. The Hall–Kier alpha value is -2.17. The van der Waals surface area contributed by atoms with Crippen molar-refractivity contribution in [1.82, 2.24) is 9.97 Å². The van der Waals surface area contributed by atoms with E-state index in [2.05, 4.69) is 15.3 Å². The highest BCUT2D eigenvalue weighted by atomic mass is 19.1. The van der Waals surface area contributed by atoms with Crippen LogP contribution in [0.1, 0.15) is 15.9 Å². The van der Waals surface area contributed by atoms with Gasteiger partial charge in [-0.2, -0.15) is 0 Å². The van der Waals surface area contributed by atoms with E-state index in [1.807, 2.05) is 0 Å². The Labute approximate surface area is 91.5 Å². The number of aromatic amines is 1. The van der Waals surface area contributed by atoms with Crippen LogP contribution in [0.2, 0.25) is 0 Å². The molecule has 0 aliphatic rings. The molecule has 16 heavy (non-hydrogen) atoms. The number of amides is 1. The van der Waals surface area contributed by atoms with Crippen LogP contribution in [-0.2, 0) is 0 Å². The summed E-state index contributed by atoms with van der Waals surface area (Å²) in [4.78, 5) is 18.2. The molecular weight excluding hydrogens is 209 g/mol. The first-order valence-electron chi connectivity index (χ1n) is 4.74. The molecule has 0 aliphatic heterocycles. The molecule has 2 aromatic rings. The monoisotopic (exact) mass is 219 g/mol. The number of benzene rings is 1. The van der Waals surface area contributed by atoms with Crippen molar-refractivity contribution < 1.29 is 9.18 Å². The molecule has 0 radical (unpaired) electrons. The summed E-state index contributed by atoms with van der Waals surface area (Å²) in [7, 11) is 0. The molecule has 1 aromatic heterocycles. The van der Waals surface area contributed by atoms with E-state index in [0.29, 0.717) is 11.5 Å². The predicted octanol–water partition coefficient (Wildman–Crippen LogP) is 2.11. The summed E-state index contributed by atoms with van der Waals surface area (Å²) in [5.74, 6) is -0.728. The second-order valence-electron chi connectivity index (χ2n) is 3.33. The normalized spacial score (nSPS) is 10.1. The molecule has 0 unspecified atom stereocenters. The van der Waals surface area contributed by atoms with Gasteiger partial charge in [-0.05, 0) is 18.6 Å². The Morgan fingerprint density at radius 2 is 2.31 bits per heavy atom. The topological polar surface area (TPSA) is 57.8 Å². The number of aromatic nitrogens is 2. The van der Waals surface area contributed by atoms with Gasteiger partial charge < -0.3 is 4.98 Å². The molecule has 5 heteroatoms. The van der Waals surface area contributed by atoms with Gasteiger partial charge in [0, 0.05) is 12.4 Å². The highest BCUT2D eigenvalue weighted by Crippen LogP contribution is 2.13. The van der Waals surface area contributed by atoms with E-state index in [1.165, 1.54) is 12.3 Å². The maximum Gasteiger partial charge on any atom is 0.260 e. The van der Waals surface area contributed by atoms with Crippen molar-refractivity contribution in [2.24, 2.45) is 0 Å². The first-order valence-corrected chi connectivity index (χ1v) is 4.74. The summed E-state index contributed by atoms with van der Waals surface area (Å²) >= 11 is 0. The van der Waals surface area contributed by atoms with Gasteiger partial charge in [0.25, 0.3) is 5.91 Å². The maximum absolute atomic E-state index is 13.6. The minimum Gasteiger partial charge on any atom is -0.331 e. The third-order valence-corrected chi connectivity index (χ3v) is 2.17. The number of carbonyl (C=O) groups excluding carboxylic acids is 1. The predicted molar refractivity (Wildman–Crippen MR) is 57.7 cm³/mol. The number of nitrogens with one attached hydrogen (secondary N) is 2. The van der Waals surface area contributed by atoms with Crippen molar-refractivity contribution in [1.29, 1.82) is 0 Å². The summed E-state index contributed by atoms with van der Waals surface area (Å²) in [6.07, 6.45) is 3.07. The lowest BCUT2D eigenvalue weighted by Gasteiger charge is -2.04. The maximum atomic E-state index is 13.6. The van der Waals surface area contributed by atoms with Crippen LogP contribution in [0.15, 0.2) is 30.6 Å². The summed E-state index contributed by atoms with van der Waals surface area (Å²) in [5, 5.41) is 2.46. The molecular formula is C11H10FN3O. The summed E-state index contributed by atoms with van der Waals surface area (Å²) in [6, 6.07) is 4.68. The van der Waals surface area contributed by atoms with Crippen molar-refractivity contribution >= 4 is 11.9 Å². The summed E-state index contributed by atoms with van der Waals surface area (Å²) in [6.45, 7) is 1.61. The quantitative estimate of drug-likeness (QED) is 0.812. The van der Waals surface area contributed by atoms with E-state index < -0.39 is 11.7 Å². The van der Waals surface area contributed by atoms with Gasteiger partial charge >= 0.3 is 0 Å². The third-order valence-electron chi connectivity index (χ3n) is 2.17. The minimum absolute atomic E-state index is 0.0106. The van der Waals surface area contributed by atoms with Crippen molar-refractivity contribution in [2.45, 2.75) is 6.92 Å². The first kappa shape index (κ1) is 10.4. The molecule has 1 amide bonds. The largest absolute Gasteiger partial charge is 0.331 e. The van der Waals surface area contributed by atoms with Crippen LogP contribution in [0.5, 0.6) is 0 Å². The molecule has 0 bridgehead atoms. The van der Waals surface area contributed by atoms with Gasteiger partial charge in [0.1, 0.15) is 5.82 Å². The van der Waals surface area contributed by atoms with Crippen molar-refractivity contribution in [3.63, 3.8) is 0 Å². The number of imidazole rings is 1. The number of aryl methyl sites for hydroxylation is 1. The Morgan fingerprint density at radius 3 is 3.00 bits per heavy atom. The van der Waals surface area contributed by atoms with Gasteiger partial charge in [-0.3, -0.25) is 10.1 Å². The highest BCUT2D eigenvalue weighted by Gasteiger charge is 2.13. The molecule has 0 saturated heterocycles. The van der Waals surface area contributed by atoms with Crippen LogP contribution in [0.4, 0.5) is 10.3 Å². The number of halogens is 1. The van der Waals surface area contributed by atoms with E-state index in [1.54, 1.807) is 25.3 Å². The molecule has 0 aliphatic carbocycles. The average molecular weight is 219 g/mol. The SMILES string of the molecule is Cc1cccc(C(=O)Nc2ncc[nH]2)c1F. The molecule has 0 saturated carbocycles. The molecule has 1 aromatic carbocycles. The van der Waals surface area contributed by atoms with E-state index in [4.69, 9.17) is 0 Å². The van der Waals surface area contributed by atoms with Crippen LogP contribution in [-0.4, -0.2) is 15.9 Å². The Kier molecular flexibility index (Phi) is 2.68. The van der Waals surface area contributed by atoms with Crippen LogP contribution >= 0.6 is 0 Å². The molecule has 1 heterocycles. The molecule has 2 N–H and O–H groups in total. The van der Waals surface area contributed by atoms with Crippen LogP contribution in [0.25, 0.3) is 0 Å². The van der Waals surface area contributed by atoms with Crippen molar-refractivity contribution in [3.05, 3.63) is 47.5 Å². The van der Waals surface area contributed by atoms with Crippen LogP contribution in [0, 0.1) is 12.7 Å². The molecule has 0 fully saturated rings. The van der Waals surface area contributed by atoms with E-state index in [0.717, 1.165) is 0 Å². The van der Waals surface area contributed by atoms with Gasteiger partial charge in [0.15, 0.2) is 0 Å². The minimum atomic E-state index is -0.517. The molecule has 82 valence electrons. The molecule has 4 nitrogen and oxygen atoms in total. The number of hydrogen-bond donors (Lipinski definition) is 2. The van der Waals surface area contributed by atoms with Crippen LogP contribution in [0.3, 0.4) is 0 Å². The second-order valence-corrected chi connectivity index (χ2v) is 3.33. The Balaban J connectivity index is 2.24. The summed E-state index contributed by atoms with van der Waals surface area (Å²) < 4.78 is 13.6. The molecule has 0 atom stereocenters. The number of rotatable bonds is 2. The highest BCUT2D eigenvalue weighted by molar-refractivity contribution is 6.03. The lowest BCUT2D eigenvalue weighted by atomic mass is 10.1. The smallest absolute Gasteiger partial charge is 0.260 e. The van der Waals surface area contributed by atoms with E-state index in [9.17, 15) is 9.18 Å². The van der Waals surface area contributed by atoms with Crippen molar-refractivity contribution in [3.8, 4) is 0 Å². The zero-order chi connectivity index (χ0) is 11.5. The number of nitrogens with zero attached hydrogens (tertiary/aromatic N) is 1.